The van der Waals surface area contributed by atoms with E-state index in [1.807, 2.05) is 31.3 Å². The lowest BCUT2D eigenvalue weighted by Crippen LogP contribution is -2.36. The van der Waals surface area contributed by atoms with E-state index < -0.39 is 29.4 Å². The summed E-state index contributed by atoms with van der Waals surface area (Å²) in [6.45, 7) is 1.80. The van der Waals surface area contributed by atoms with Crippen molar-refractivity contribution >= 4 is 23.8 Å². The topological polar surface area (TPSA) is 96.9 Å². The maximum Gasteiger partial charge on any atom is 0.416 e. The van der Waals surface area contributed by atoms with Crippen molar-refractivity contribution in [3.05, 3.63) is 59.4 Å². The smallest absolute Gasteiger partial charge is 0.416 e. The zero-order valence-electron chi connectivity index (χ0n) is 21.7. The van der Waals surface area contributed by atoms with E-state index in [9.17, 15) is 22.4 Å². The third-order valence-electron chi connectivity index (χ3n) is 7.17. The molecular formula is C28H34F4N2O5. The van der Waals surface area contributed by atoms with Crippen LogP contribution < -0.4 is 10.6 Å². The zero-order valence-corrected chi connectivity index (χ0v) is 21.7. The van der Waals surface area contributed by atoms with Crippen molar-refractivity contribution in [2.75, 3.05) is 37.5 Å². The average molecular weight is 555 g/mol. The number of carboxylic acid groups (broad SMARTS) is 1. The third kappa shape index (κ3) is 8.93. The van der Waals surface area contributed by atoms with Gasteiger partial charge in [-0.05, 0) is 79.8 Å². The Morgan fingerprint density at radius 2 is 1.77 bits per heavy atom. The molecule has 2 aromatic carbocycles. The van der Waals surface area contributed by atoms with Crippen molar-refractivity contribution < 1.29 is 41.7 Å². The van der Waals surface area contributed by atoms with Crippen molar-refractivity contribution in [1.82, 2.24) is 0 Å². The number of rotatable bonds is 7. The number of hydrogen-bond acceptors (Lipinski definition) is 5. The predicted molar refractivity (Wildman–Crippen MR) is 138 cm³/mol. The second-order valence-corrected chi connectivity index (χ2v) is 9.77. The molecule has 0 aromatic heterocycles. The Bertz CT molecular complexity index is 1070. The van der Waals surface area contributed by atoms with Gasteiger partial charge >= 0.3 is 6.18 Å². The summed E-state index contributed by atoms with van der Waals surface area (Å²) in [6.07, 6.45) is -1.13. The summed E-state index contributed by atoms with van der Waals surface area (Å²) in [5.41, 5.74) is 0.719. The standard InChI is InChI=1S/C27H32F4N2O3.CH2O2/c1-32-22-5-2-18(3-6-22)19-12-20(14-23(13-19)36-16-17-8-10-35-11-9-17)26(34)33-25-7-4-21(15-24(25)28)27(29,30)31;2-1-3/h2-7,15,17,19-20,23,32H,8-14,16H2,1H3,(H,33,34);1H,(H,2,3). The lowest BCUT2D eigenvalue weighted by molar-refractivity contribution is -0.137. The number of amides is 1. The highest BCUT2D eigenvalue weighted by Gasteiger charge is 2.36. The third-order valence-corrected chi connectivity index (χ3v) is 7.17. The average Bonchev–Trinajstić information content (AvgIpc) is 2.93. The van der Waals surface area contributed by atoms with Crippen LogP contribution in [0.1, 0.15) is 49.1 Å². The molecule has 1 aliphatic carbocycles. The predicted octanol–water partition coefficient (Wildman–Crippen LogP) is 5.92. The first kappa shape index (κ1) is 30.4. The fourth-order valence-electron chi connectivity index (χ4n) is 5.02. The molecule has 2 fully saturated rings. The minimum absolute atomic E-state index is 0.0672. The fourth-order valence-corrected chi connectivity index (χ4v) is 5.02. The number of hydrogen-bond donors (Lipinski definition) is 3. The summed E-state index contributed by atoms with van der Waals surface area (Å²) in [4.78, 5) is 21.5. The van der Waals surface area contributed by atoms with E-state index in [1.165, 1.54) is 0 Å². The van der Waals surface area contributed by atoms with E-state index in [1.54, 1.807) is 0 Å². The summed E-state index contributed by atoms with van der Waals surface area (Å²) < 4.78 is 64.7. The summed E-state index contributed by atoms with van der Waals surface area (Å²) in [5.74, 6) is -1.50. The van der Waals surface area contributed by atoms with Crippen molar-refractivity contribution in [1.29, 1.82) is 0 Å². The van der Waals surface area contributed by atoms with Crippen LogP contribution in [0.2, 0.25) is 0 Å². The molecule has 1 saturated heterocycles. The van der Waals surface area contributed by atoms with Crippen LogP contribution in [-0.4, -0.2) is 50.5 Å². The number of nitrogens with one attached hydrogen (secondary N) is 2. The van der Waals surface area contributed by atoms with Gasteiger partial charge < -0.3 is 25.2 Å². The molecule has 1 aliphatic heterocycles. The van der Waals surface area contributed by atoms with Crippen LogP contribution in [0.25, 0.3) is 0 Å². The molecular weight excluding hydrogens is 520 g/mol. The zero-order chi connectivity index (χ0) is 28.4. The first-order chi connectivity index (χ1) is 18.6. The Kier molecular flexibility index (Phi) is 11.1. The number of carbonyl (C=O) groups is 2. The number of ether oxygens (including phenoxy) is 2. The fraction of sp³-hybridized carbons (Fsp3) is 0.500. The molecule has 1 saturated carbocycles. The molecule has 3 atom stereocenters. The van der Waals surface area contributed by atoms with Gasteiger partial charge in [0, 0.05) is 38.5 Å². The molecule has 1 heterocycles. The van der Waals surface area contributed by atoms with Gasteiger partial charge in [0.05, 0.1) is 17.4 Å². The van der Waals surface area contributed by atoms with Crippen LogP contribution in [0, 0.1) is 17.7 Å². The van der Waals surface area contributed by atoms with Gasteiger partial charge in [0.15, 0.2) is 0 Å². The van der Waals surface area contributed by atoms with Crippen molar-refractivity contribution in [3.8, 4) is 0 Å². The van der Waals surface area contributed by atoms with Gasteiger partial charge in [-0.3, -0.25) is 9.59 Å². The highest BCUT2D eigenvalue weighted by molar-refractivity contribution is 5.92. The second kappa shape index (κ2) is 14.3. The second-order valence-electron chi connectivity index (χ2n) is 9.77. The maximum atomic E-state index is 14.4. The molecule has 3 unspecified atom stereocenters. The molecule has 4 rings (SSSR count). The normalized spacial score (nSPS) is 21.8. The summed E-state index contributed by atoms with van der Waals surface area (Å²) in [7, 11) is 1.84. The van der Waals surface area contributed by atoms with Crippen molar-refractivity contribution in [3.63, 3.8) is 0 Å². The quantitative estimate of drug-likeness (QED) is 0.290. The van der Waals surface area contributed by atoms with Crippen LogP contribution in [0.3, 0.4) is 0 Å². The minimum Gasteiger partial charge on any atom is -0.483 e. The van der Waals surface area contributed by atoms with E-state index in [-0.39, 0.29) is 24.2 Å². The van der Waals surface area contributed by atoms with Gasteiger partial charge in [-0.15, -0.1) is 0 Å². The van der Waals surface area contributed by atoms with Crippen LogP contribution in [0.5, 0.6) is 0 Å². The largest absolute Gasteiger partial charge is 0.483 e. The molecule has 11 heteroatoms. The van der Waals surface area contributed by atoms with E-state index >= 15 is 0 Å². The van der Waals surface area contributed by atoms with Gasteiger partial charge in [-0.2, -0.15) is 13.2 Å². The maximum absolute atomic E-state index is 14.4. The number of benzene rings is 2. The Morgan fingerprint density at radius 1 is 1.10 bits per heavy atom. The van der Waals surface area contributed by atoms with E-state index in [2.05, 4.69) is 10.6 Å². The van der Waals surface area contributed by atoms with Gasteiger partial charge in [-0.25, -0.2) is 4.39 Å². The molecule has 214 valence electrons. The number of alkyl halides is 3. The molecule has 7 nitrogen and oxygen atoms in total. The van der Waals surface area contributed by atoms with Gasteiger partial charge in [0.1, 0.15) is 5.82 Å². The minimum atomic E-state index is -4.65. The summed E-state index contributed by atoms with van der Waals surface area (Å²) in [6, 6.07) is 10.2. The highest BCUT2D eigenvalue weighted by atomic mass is 19.4. The Labute approximate surface area is 224 Å². The molecule has 39 heavy (non-hydrogen) atoms. The molecule has 1 amide bonds. The Balaban J connectivity index is 0.00000134. The van der Waals surface area contributed by atoms with E-state index in [0.29, 0.717) is 31.4 Å². The highest BCUT2D eigenvalue weighted by Crippen LogP contribution is 2.39. The first-order valence-corrected chi connectivity index (χ1v) is 12.9. The van der Waals surface area contributed by atoms with Gasteiger partial charge in [0.25, 0.3) is 6.47 Å². The van der Waals surface area contributed by atoms with E-state index in [0.717, 1.165) is 55.9 Å². The number of carbonyl (C=O) groups excluding carboxylic acids is 1. The van der Waals surface area contributed by atoms with Crippen LogP contribution >= 0.6 is 0 Å². The van der Waals surface area contributed by atoms with Crippen molar-refractivity contribution in [2.45, 2.75) is 50.3 Å². The van der Waals surface area contributed by atoms with Gasteiger partial charge in [-0.1, -0.05) is 12.1 Å². The monoisotopic (exact) mass is 554 g/mol. The number of halogens is 4. The Hall–Kier alpha value is -3.18. The summed E-state index contributed by atoms with van der Waals surface area (Å²) in [5, 5.41) is 12.5. The van der Waals surface area contributed by atoms with Crippen LogP contribution in [0.4, 0.5) is 28.9 Å². The first-order valence-electron chi connectivity index (χ1n) is 12.9. The SMILES string of the molecule is CNc1ccc(C2CC(OCC3CCOCC3)CC(C(=O)Nc3ccc(C(F)(F)F)cc3F)C2)cc1.O=CO. The molecule has 0 bridgehead atoms. The molecule has 2 aliphatic rings. The van der Waals surface area contributed by atoms with Crippen molar-refractivity contribution in [2.24, 2.45) is 11.8 Å². The molecule has 0 radical (unpaired) electrons. The Morgan fingerprint density at radius 3 is 2.36 bits per heavy atom. The van der Waals surface area contributed by atoms with Gasteiger partial charge in [0.2, 0.25) is 5.91 Å². The summed E-state index contributed by atoms with van der Waals surface area (Å²) >= 11 is 0. The number of anilines is 2. The molecule has 2 aromatic rings. The lowest BCUT2D eigenvalue weighted by Gasteiger charge is -2.35. The molecule has 3 N–H and O–H groups in total. The van der Waals surface area contributed by atoms with E-state index in [4.69, 9.17) is 19.4 Å². The molecule has 0 spiro atoms. The van der Waals surface area contributed by atoms with Crippen LogP contribution in [-0.2, 0) is 25.2 Å². The van der Waals surface area contributed by atoms with Crippen LogP contribution in [0.15, 0.2) is 42.5 Å². The lowest BCUT2D eigenvalue weighted by atomic mass is 9.76.